The Morgan fingerprint density at radius 3 is 2.64 bits per heavy atom. The van der Waals surface area contributed by atoms with Crippen LogP contribution in [0, 0.1) is 10.5 Å². The first-order valence-corrected chi connectivity index (χ1v) is 4.32. The van der Waals surface area contributed by atoms with Crippen LogP contribution in [0.5, 0.6) is 5.75 Å². The number of nitrogen functional groups attached to an aromatic ring is 1. The van der Waals surface area contributed by atoms with Crippen LogP contribution in [0.15, 0.2) is 12.1 Å². The third kappa shape index (κ3) is 1.77. The average molecular weight is 263 g/mol. The van der Waals surface area contributed by atoms with Gasteiger partial charge in [0.2, 0.25) is 0 Å². The minimum atomic E-state index is 0.809. The summed E-state index contributed by atoms with van der Waals surface area (Å²) in [7, 11) is 1.66. The molecule has 0 saturated carbocycles. The minimum Gasteiger partial charge on any atom is -0.496 e. The summed E-state index contributed by atoms with van der Waals surface area (Å²) in [5.41, 5.74) is 7.56. The van der Waals surface area contributed by atoms with Crippen LogP contribution in [0.3, 0.4) is 0 Å². The summed E-state index contributed by atoms with van der Waals surface area (Å²) in [4.78, 5) is 0. The van der Waals surface area contributed by atoms with Crippen molar-refractivity contribution in [2.45, 2.75) is 6.92 Å². The van der Waals surface area contributed by atoms with Gasteiger partial charge in [-0.15, -0.1) is 0 Å². The summed E-state index contributed by atoms with van der Waals surface area (Å²) < 4.78 is 6.15. The molecule has 0 unspecified atom stereocenters. The molecule has 0 aliphatic carbocycles. The Kier molecular flexibility index (Phi) is 2.59. The predicted octanol–water partition coefficient (Wildman–Crippen LogP) is 2.19. The standard InChI is InChI=1S/C8H10INO/c1-5-3-7(10)6(9)4-8(5)11-2/h3-4H,10H2,1-2H3. The van der Waals surface area contributed by atoms with Crippen LogP contribution in [0.4, 0.5) is 5.69 Å². The Morgan fingerprint density at radius 2 is 2.09 bits per heavy atom. The Morgan fingerprint density at radius 1 is 1.45 bits per heavy atom. The van der Waals surface area contributed by atoms with E-state index in [9.17, 15) is 0 Å². The molecular formula is C8H10INO. The van der Waals surface area contributed by atoms with Crippen LogP contribution in [0.2, 0.25) is 0 Å². The molecule has 0 fully saturated rings. The van der Waals surface area contributed by atoms with Gasteiger partial charge in [-0.2, -0.15) is 0 Å². The molecule has 11 heavy (non-hydrogen) atoms. The first-order valence-electron chi connectivity index (χ1n) is 3.24. The van der Waals surface area contributed by atoms with Gasteiger partial charge in [0.15, 0.2) is 0 Å². The molecule has 3 heteroatoms. The van der Waals surface area contributed by atoms with Crippen molar-refractivity contribution in [3.8, 4) is 5.75 Å². The molecule has 0 aliphatic rings. The highest BCUT2D eigenvalue weighted by Crippen LogP contribution is 2.25. The number of hydrogen-bond acceptors (Lipinski definition) is 2. The number of aryl methyl sites for hydroxylation is 1. The number of rotatable bonds is 1. The fraction of sp³-hybridized carbons (Fsp3) is 0.250. The summed E-state index contributed by atoms with van der Waals surface area (Å²) in [6.07, 6.45) is 0. The number of hydrogen-bond donors (Lipinski definition) is 1. The fourth-order valence-corrected chi connectivity index (χ4v) is 1.34. The molecule has 2 nitrogen and oxygen atoms in total. The van der Waals surface area contributed by atoms with Gasteiger partial charge in [-0.05, 0) is 47.2 Å². The monoisotopic (exact) mass is 263 g/mol. The normalized spacial score (nSPS) is 9.73. The van der Waals surface area contributed by atoms with E-state index in [0.717, 1.165) is 20.6 Å². The lowest BCUT2D eigenvalue weighted by Crippen LogP contribution is -1.93. The molecule has 0 atom stereocenters. The van der Waals surface area contributed by atoms with E-state index in [1.54, 1.807) is 7.11 Å². The first-order chi connectivity index (χ1) is 5.15. The second kappa shape index (κ2) is 3.30. The van der Waals surface area contributed by atoms with Crippen molar-refractivity contribution >= 4 is 28.3 Å². The topological polar surface area (TPSA) is 35.2 Å². The van der Waals surface area contributed by atoms with Gasteiger partial charge in [0.05, 0.1) is 7.11 Å². The molecule has 60 valence electrons. The maximum Gasteiger partial charge on any atom is 0.122 e. The summed E-state index contributed by atoms with van der Waals surface area (Å²) in [5, 5.41) is 0. The molecular weight excluding hydrogens is 253 g/mol. The zero-order valence-electron chi connectivity index (χ0n) is 6.52. The van der Waals surface area contributed by atoms with Gasteiger partial charge < -0.3 is 10.5 Å². The van der Waals surface area contributed by atoms with Gasteiger partial charge in [-0.1, -0.05) is 0 Å². The largest absolute Gasteiger partial charge is 0.496 e. The Hall–Kier alpha value is -0.450. The Bertz CT molecular complexity index is 273. The van der Waals surface area contributed by atoms with E-state index in [0.29, 0.717) is 0 Å². The van der Waals surface area contributed by atoms with Crippen molar-refractivity contribution in [2.75, 3.05) is 12.8 Å². The maximum atomic E-state index is 5.68. The SMILES string of the molecule is COc1cc(I)c(N)cc1C. The number of ether oxygens (including phenoxy) is 1. The molecule has 1 aromatic rings. The minimum absolute atomic E-state index is 0.809. The zero-order valence-corrected chi connectivity index (χ0v) is 8.68. The molecule has 0 bridgehead atoms. The second-order valence-electron chi connectivity index (χ2n) is 2.34. The van der Waals surface area contributed by atoms with Crippen molar-refractivity contribution in [1.29, 1.82) is 0 Å². The van der Waals surface area contributed by atoms with Gasteiger partial charge in [0, 0.05) is 9.26 Å². The summed E-state index contributed by atoms with van der Waals surface area (Å²) in [5.74, 6) is 0.892. The molecule has 0 radical (unpaired) electrons. The van der Waals surface area contributed by atoms with E-state index in [4.69, 9.17) is 10.5 Å². The third-order valence-corrected chi connectivity index (χ3v) is 2.45. The van der Waals surface area contributed by atoms with Gasteiger partial charge in [-0.3, -0.25) is 0 Å². The van der Waals surface area contributed by atoms with Crippen LogP contribution < -0.4 is 10.5 Å². The van der Waals surface area contributed by atoms with Crippen LogP contribution in [0.1, 0.15) is 5.56 Å². The average Bonchev–Trinajstić information content (AvgIpc) is 1.97. The maximum absolute atomic E-state index is 5.68. The number of nitrogens with two attached hydrogens (primary N) is 1. The lowest BCUT2D eigenvalue weighted by molar-refractivity contribution is 0.411. The van der Waals surface area contributed by atoms with E-state index in [1.165, 1.54) is 0 Å². The second-order valence-corrected chi connectivity index (χ2v) is 3.51. The molecule has 0 aliphatic heterocycles. The number of anilines is 1. The van der Waals surface area contributed by atoms with Crippen molar-refractivity contribution in [3.05, 3.63) is 21.3 Å². The number of methoxy groups -OCH3 is 1. The smallest absolute Gasteiger partial charge is 0.122 e. The van der Waals surface area contributed by atoms with Crippen molar-refractivity contribution in [2.24, 2.45) is 0 Å². The van der Waals surface area contributed by atoms with Gasteiger partial charge >= 0.3 is 0 Å². The van der Waals surface area contributed by atoms with E-state index < -0.39 is 0 Å². The number of halogens is 1. The molecule has 1 rings (SSSR count). The molecule has 0 saturated heterocycles. The molecule has 0 amide bonds. The van der Waals surface area contributed by atoms with E-state index in [1.807, 2.05) is 19.1 Å². The predicted molar refractivity (Wildman–Crippen MR) is 54.9 cm³/mol. The first kappa shape index (κ1) is 8.64. The van der Waals surface area contributed by atoms with Crippen molar-refractivity contribution in [3.63, 3.8) is 0 Å². The van der Waals surface area contributed by atoms with Gasteiger partial charge in [0.25, 0.3) is 0 Å². The molecule has 0 spiro atoms. The fourth-order valence-electron chi connectivity index (χ4n) is 0.906. The van der Waals surface area contributed by atoms with E-state index >= 15 is 0 Å². The third-order valence-electron chi connectivity index (χ3n) is 1.51. The summed E-state index contributed by atoms with van der Waals surface area (Å²) in [6, 6.07) is 3.85. The van der Waals surface area contributed by atoms with Crippen LogP contribution >= 0.6 is 22.6 Å². The van der Waals surface area contributed by atoms with Crippen LogP contribution in [-0.4, -0.2) is 7.11 Å². The lowest BCUT2D eigenvalue weighted by Gasteiger charge is -2.06. The molecule has 2 N–H and O–H groups in total. The van der Waals surface area contributed by atoms with Crippen molar-refractivity contribution in [1.82, 2.24) is 0 Å². The van der Waals surface area contributed by atoms with Crippen LogP contribution in [0.25, 0.3) is 0 Å². The quantitative estimate of drug-likeness (QED) is 0.622. The van der Waals surface area contributed by atoms with E-state index in [2.05, 4.69) is 22.6 Å². The highest BCUT2D eigenvalue weighted by molar-refractivity contribution is 14.1. The Labute approximate surface area is 79.9 Å². The van der Waals surface area contributed by atoms with Crippen molar-refractivity contribution < 1.29 is 4.74 Å². The highest BCUT2D eigenvalue weighted by atomic mass is 127. The Balaban J connectivity index is 3.21. The molecule has 1 aromatic carbocycles. The molecule has 0 heterocycles. The van der Waals surface area contributed by atoms with Gasteiger partial charge in [0.1, 0.15) is 5.75 Å². The van der Waals surface area contributed by atoms with Gasteiger partial charge in [-0.25, -0.2) is 0 Å². The van der Waals surface area contributed by atoms with Crippen LogP contribution in [-0.2, 0) is 0 Å². The lowest BCUT2D eigenvalue weighted by atomic mass is 10.2. The summed E-state index contributed by atoms with van der Waals surface area (Å²) in [6.45, 7) is 1.98. The molecule has 0 aromatic heterocycles. The highest BCUT2D eigenvalue weighted by Gasteiger charge is 2.01. The number of benzene rings is 1. The zero-order chi connectivity index (χ0) is 8.43. The van der Waals surface area contributed by atoms with E-state index in [-0.39, 0.29) is 0 Å². The summed E-state index contributed by atoms with van der Waals surface area (Å²) >= 11 is 2.18.